The second-order valence-electron chi connectivity index (χ2n) is 7.34. The number of rotatable bonds is 5. The van der Waals surface area contributed by atoms with Gasteiger partial charge >= 0.3 is 0 Å². The maximum atomic E-state index is 13.1. The third-order valence-electron chi connectivity index (χ3n) is 5.53. The summed E-state index contributed by atoms with van der Waals surface area (Å²) in [6.45, 7) is 7.12. The van der Waals surface area contributed by atoms with Gasteiger partial charge < -0.3 is 15.5 Å². The number of amides is 2. The van der Waals surface area contributed by atoms with E-state index in [-0.39, 0.29) is 30.0 Å². The van der Waals surface area contributed by atoms with Crippen molar-refractivity contribution >= 4 is 22.7 Å². The molecule has 0 radical (unpaired) electrons. The highest BCUT2D eigenvalue weighted by Gasteiger charge is 2.39. The largest absolute Gasteiger partial charge is 0.341 e. The minimum atomic E-state index is -0.560. The third-order valence-corrected chi connectivity index (χ3v) is 5.53. The maximum Gasteiger partial charge on any atom is 0.251 e. The summed E-state index contributed by atoms with van der Waals surface area (Å²) in [5.41, 5.74) is 7.45. The van der Waals surface area contributed by atoms with Crippen molar-refractivity contribution in [3.05, 3.63) is 46.2 Å². The minimum Gasteiger partial charge on any atom is -0.341 e. The zero-order chi connectivity index (χ0) is 20.4. The zero-order valence-corrected chi connectivity index (χ0v) is 16.7. The number of aryl methyl sites for hydroxylation is 1. The van der Waals surface area contributed by atoms with Crippen molar-refractivity contribution < 1.29 is 9.59 Å². The predicted octanol–water partition coefficient (Wildman–Crippen LogP) is 1.11. The first-order valence-corrected chi connectivity index (χ1v) is 9.80. The van der Waals surface area contributed by atoms with Gasteiger partial charge in [-0.2, -0.15) is 0 Å². The fourth-order valence-corrected chi connectivity index (χ4v) is 4.02. The lowest BCUT2D eigenvalue weighted by molar-refractivity contribution is -0.143. The molecule has 1 aliphatic heterocycles. The summed E-state index contributed by atoms with van der Waals surface area (Å²) in [5, 5.41) is 0.934. The maximum absolute atomic E-state index is 13.1. The Kier molecular flexibility index (Phi) is 5.84. The second-order valence-corrected chi connectivity index (χ2v) is 7.34. The van der Waals surface area contributed by atoms with Crippen LogP contribution in [-0.4, -0.2) is 57.9 Å². The number of nitrogens with two attached hydrogens (primary N) is 1. The number of nitrogens with zero attached hydrogens (tertiary/aromatic N) is 3. The highest BCUT2D eigenvalue weighted by molar-refractivity contribution is 5.89. The fraction of sp³-hybridized carbons (Fsp3) is 0.476. The van der Waals surface area contributed by atoms with Gasteiger partial charge in [-0.3, -0.25) is 19.0 Å². The Balaban J connectivity index is 1.91. The molecule has 2 amide bonds. The molecule has 150 valence electrons. The smallest absolute Gasteiger partial charge is 0.251 e. The van der Waals surface area contributed by atoms with Crippen molar-refractivity contribution in [3.63, 3.8) is 0 Å². The quantitative estimate of drug-likeness (QED) is 0.836. The Hall–Kier alpha value is -2.67. The molecule has 0 bridgehead atoms. The van der Waals surface area contributed by atoms with Gasteiger partial charge in [-0.1, -0.05) is 18.2 Å². The first kappa shape index (κ1) is 20.1. The summed E-state index contributed by atoms with van der Waals surface area (Å²) < 4.78 is 1.48. The Morgan fingerprint density at radius 1 is 1.21 bits per heavy atom. The Labute approximate surface area is 164 Å². The number of hydrogen-bond donors (Lipinski definition) is 1. The highest BCUT2D eigenvalue weighted by Crippen LogP contribution is 2.21. The van der Waals surface area contributed by atoms with E-state index in [9.17, 15) is 14.4 Å². The number of fused-ring (bicyclic) bond motifs is 1. The standard InChI is InChI=1S/C21H28N4O3/c1-4-23(5-2)21(28)18-11-15(22)12-24(18)20(27)13-25-17-9-7-6-8-16(17)14(3)10-19(25)26/h6-10,15,18H,4-5,11-13,22H2,1-3H3/t15-,18-/m0/s1. The molecule has 7 nitrogen and oxygen atoms in total. The Morgan fingerprint density at radius 2 is 1.89 bits per heavy atom. The van der Waals surface area contributed by atoms with Crippen molar-refractivity contribution in [2.75, 3.05) is 19.6 Å². The van der Waals surface area contributed by atoms with Gasteiger partial charge in [0, 0.05) is 37.1 Å². The normalized spacial score (nSPS) is 19.2. The van der Waals surface area contributed by atoms with Gasteiger partial charge in [-0.15, -0.1) is 0 Å². The van der Waals surface area contributed by atoms with Gasteiger partial charge in [0.15, 0.2) is 0 Å². The summed E-state index contributed by atoms with van der Waals surface area (Å²) in [4.78, 5) is 41.8. The van der Waals surface area contributed by atoms with E-state index < -0.39 is 6.04 Å². The SMILES string of the molecule is CCN(CC)C(=O)[C@@H]1C[C@H](N)CN1C(=O)Cn1c(=O)cc(C)c2ccccc21. The Morgan fingerprint density at radius 3 is 2.57 bits per heavy atom. The summed E-state index contributed by atoms with van der Waals surface area (Å²) in [7, 11) is 0. The number of carbonyl (C=O) groups excluding carboxylic acids is 2. The van der Waals surface area contributed by atoms with Crippen LogP contribution in [0.5, 0.6) is 0 Å². The van der Waals surface area contributed by atoms with E-state index in [1.54, 1.807) is 15.9 Å². The molecule has 0 spiro atoms. The monoisotopic (exact) mass is 384 g/mol. The number of pyridine rings is 1. The Bertz CT molecular complexity index is 948. The zero-order valence-electron chi connectivity index (χ0n) is 16.7. The van der Waals surface area contributed by atoms with Gasteiger partial charge in [0.2, 0.25) is 11.8 Å². The molecule has 2 heterocycles. The highest BCUT2D eigenvalue weighted by atomic mass is 16.2. The number of carbonyl (C=O) groups is 2. The number of aromatic nitrogens is 1. The molecule has 1 aromatic carbocycles. The molecule has 0 unspecified atom stereocenters. The van der Waals surface area contributed by atoms with Gasteiger partial charge in [-0.25, -0.2) is 0 Å². The van der Waals surface area contributed by atoms with E-state index in [4.69, 9.17) is 5.73 Å². The van der Waals surface area contributed by atoms with Crippen LogP contribution in [0.2, 0.25) is 0 Å². The first-order chi connectivity index (χ1) is 13.4. The van der Waals surface area contributed by atoms with E-state index in [0.717, 1.165) is 16.5 Å². The molecule has 1 saturated heterocycles. The van der Waals surface area contributed by atoms with Crippen LogP contribution in [0.15, 0.2) is 35.1 Å². The summed E-state index contributed by atoms with van der Waals surface area (Å²) in [6, 6.07) is 8.28. The van der Waals surface area contributed by atoms with Crippen molar-refractivity contribution in [3.8, 4) is 0 Å². The van der Waals surface area contributed by atoms with Gasteiger partial charge in [-0.05, 0) is 38.8 Å². The van der Waals surface area contributed by atoms with Crippen LogP contribution in [0.3, 0.4) is 0 Å². The number of hydrogen-bond acceptors (Lipinski definition) is 4. The van der Waals surface area contributed by atoms with Crippen LogP contribution in [-0.2, 0) is 16.1 Å². The molecule has 3 rings (SSSR count). The van der Waals surface area contributed by atoms with E-state index in [1.165, 1.54) is 4.57 Å². The molecular weight excluding hydrogens is 356 g/mol. The number of likely N-dealkylation sites (N-methyl/N-ethyl adjacent to an activating group) is 1. The van der Waals surface area contributed by atoms with Crippen LogP contribution in [0.25, 0.3) is 10.9 Å². The van der Waals surface area contributed by atoms with Crippen molar-refractivity contribution in [2.24, 2.45) is 5.73 Å². The first-order valence-electron chi connectivity index (χ1n) is 9.80. The lowest BCUT2D eigenvalue weighted by Gasteiger charge is -2.29. The van der Waals surface area contributed by atoms with E-state index in [2.05, 4.69) is 0 Å². The van der Waals surface area contributed by atoms with Crippen molar-refractivity contribution in [2.45, 2.75) is 45.8 Å². The average Bonchev–Trinajstić information content (AvgIpc) is 3.07. The van der Waals surface area contributed by atoms with E-state index in [0.29, 0.717) is 26.1 Å². The van der Waals surface area contributed by atoms with Gasteiger partial charge in [0.25, 0.3) is 5.56 Å². The number of benzene rings is 1. The number of likely N-dealkylation sites (tertiary alicyclic amines) is 1. The van der Waals surface area contributed by atoms with Crippen LogP contribution in [0.1, 0.15) is 25.8 Å². The summed E-state index contributed by atoms with van der Waals surface area (Å²) in [5.74, 6) is -0.332. The molecule has 1 aromatic heterocycles. The van der Waals surface area contributed by atoms with E-state index in [1.807, 2.05) is 45.0 Å². The lowest BCUT2D eigenvalue weighted by atomic mass is 10.1. The molecule has 1 aliphatic rings. The topological polar surface area (TPSA) is 88.6 Å². The molecule has 2 atom stereocenters. The molecule has 7 heteroatoms. The fourth-order valence-electron chi connectivity index (χ4n) is 4.02. The molecule has 2 N–H and O–H groups in total. The van der Waals surface area contributed by atoms with Gasteiger partial charge in [0.05, 0.1) is 5.52 Å². The summed E-state index contributed by atoms with van der Waals surface area (Å²) in [6.07, 6.45) is 0.449. The molecular formula is C21H28N4O3. The van der Waals surface area contributed by atoms with Crippen LogP contribution < -0.4 is 11.3 Å². The second kappa shape index (κ2) is 8.14. The van der Waals surface area contributed by atoms with E-state index >= 15 is 0 Å². The molecule has 0 aliphatic carbocycles. The molecule has 1 fully saturated rings. The van der Waals surface area contributed by atoms with Crippen LogP contribution >= 0.6 is 0 Å². The minimum absolute atomic E-state index is 0.0765. The van der Waals surface area contributed by atoms with Crippen LogP contribution in [0.4, 0.5) is 0 Å². The average molecular weight is 384 g/mol. The third kappa shape index (κ3) is 3.67. The molecule has 2 aromatic rings. The van der Waals surface area contributed by atoms with Gasteiger partial charge in [0.1, 0.15) is 12.6 Å². The van der Waals surface area contributed by atoms with Crippen molar-refractivity contribution in [1.82, 2.24) is 14.4 Å². The lowest BCUT2D eigenvalue weighted by Crippen LogP contribution is -2.49. The molecule has 0 saturated carbocycles. The number of para-hydroxylation sites is 1. The summed E-state index contributed by atoms with van der Waals surface area (Å²) >= 11 is 0. The molecule has 28 heavy (non-hydrogen) atoms. The van der Waals surface area contributed by atoms with Crippen molar-refractivity contribution in [1.29, 1.82) is 0 Å². The van der Waals surface area contributed by atoms with Crippen LogP contribution in [0, 0.1) is 6.92 Å². The predicted molar refractivity (Wildman–Crippen MR) is 109 cm³/mol.